The molecular weight excluding hydrogens is 420 g/mol. The molecule has 4 aromatic rings. The number of aryl methyl sites for hydroxylation is 3. The van der Waals surface area contributed by atoms with Crippen molar-refractivity contribution in [1.29, 1.82) is 0 Å². The maximum absolute atomic E-state index is 13.5. The van der Waals surface area contributed by atoms with Crippen LogP contribution in [0, 0.1) is 6.92 Å². The van der Waals surface area contributed by atoms with E-state index in [4.69, 9.17) is 4.74 Å². The van der Waals surface area contributed by atoms with Gasteiger partial charge in [0.15, 0.2) is 5.78 Å². The van der Waals surface area contributed by atoms with E-state index in [-0.39, 0.29) is 5.78 Å². The molecule has 0 fully saturated rings. The van der Waals surface area contributed by atoms with Gasteiger partial charge in [-0.2, -0.15) is 0 Å². The quantitative estimate of drug-likeness (QED) is 0.387. The summed E-state index contributed by atoms with van der Waals surface area (Å²) in [5, 5.41) is 8.25. The van der Waals surface area contributed by atoms with Gasteiger partial charge < -0.3 is 4.74 Å². The molecule has 2 heterocycles. The number of carbonyl (C=O) groups is 1. The molecule has 0 atom stereocenters. The number of allylic oxidation sites excluding steroid dienone is 1. The van der Waals surface area contributed by atoms with Gasteiger partial charge >= 0.3 is 0 Å². The molecule has 0 N–H and O–H groups in total. The topological polar surface area (TPSA) is 69.9 Å². The van der Waals surface area contributed by atoms with E-state index in [9.17, 15) is 4.79 Å². The first-order valence-corrected chi connectivity index (χ1v) is 11.4. The van der Waals surface area contributed by atoms with Crippen LogP contribution in [0.3, 0.4) is 0 Å². The van der Waals surface area contributed by atoms with Crippen LogP contribution in [0.2, 0.25) is 0 Å². The molecule has 0 bridgehead atoms. The summed E-state index contributed by atoms with van der Waals surface area (Å²) in [6, 6.07) is 16.1. The third kappa shape index (κ3) is 3.76. The minimum Gasteiger partial charge on any atom is -0.494 e. The number of thiazole rings is 1. The Morgan fingerprint density at radius 2 is 1.91 bits per heavy atom. The van der Waals surface area contributed by atoms with Gasteiger partial charge in [0.1, 0.15) is 11.4 Å². The van der Waals surface area contributed by atoms with Gasteiger partial charge in [0, 0.05) is 18.2 Å². The molecule has 6 nitrogen and oxygen atoms in total. The second-order valence-corrected chi connectivity index (χ2v) is 8.62. The summed E-state index contributed by atoms with van der Waals surface area (Å²) >= 11 is 1.53. The molecule has 5 rings (SSSR count). The molecule has 0 saturated heterocycles. The van der Waals surface area contributed by atoms with Crippen molar-refractivity contribution in [3.63, 3.8) is 0 Å². The van der Waals surface area contributed by atoms with Crippen LogP contribution in [0.1, 0.15) is 44.2 Å². The molecule has 1 aliphatic rings. The van der Waals surface area contributed by atoms with Crippen LogP contribution in [0.25, 0.3) is 11.1 Å². The molecule has 0 radical (unpaired) electrons. The number of aromatic nitrogens is 4. The summed E-state index contributed by atoms with van der Waals surface area (Å²) in [6.45, 7) is 2.55. The van der Waals surface area contributed by atoms with Crippen LogP contribution in [0.15, 0.2) is 60.2 Å². The number of nitrogens with zero attached hydrogens (tertiary/aromatic N) is 4. The van der Waals surface area contributed by atoms with Crippen LogP contribution in [-0.4, -0.2) is 32.4 Å². The standard InChI is InChI=1S/C25H22N4O2S/c1-16-25(32-15-26-16)22-19-11-10-18(31-12-6-9-17-7-4-3-5-8-17)13-20(19)24(30)23(22)21-14-29(2)28-27-21/h3-5,7-8,10-11,13-15H,6,9,12H2,1-2H3. The smallest absolute Gasteiger partial charge is 0.196 e. The number of fused-ring (bicyclic) bond motifs is 1. The average Bonchev–Trinajstić information content (AvgIpc) is 3.49. The van der Waals surface area contributed by atoms with Crippen molar-refractivity contribution < 1.29 is 9.53 Å². The first-order valence-electron chi connectivity index (χ1n) is 10.5. The molecule has 2 aromatic carbocycles. The molecule has 0 unspecified atom stereocenters. The molecule has 160 valence electrons. The Hall–Kier alpha value is -3.58. The molecule has 0 aliphatic heterocycles. The van der Waals surface area contributed by atoms with E-state index >= 15 is 0 Å². The lowest BCUT2D eigenvalue weighted by Gasteiger charge is -2.09. The van der Waals surface area contributed by atoms with Crippen molar-refractivity contribution >= 4 is 28.3 Å². The second kappa shape index (κ2) is 8.51. The van der Waals surface area contributed by atoms with E-state index in [0.717, 1.165) is 34.5 Å². The molecule has 0 saturated carbocycles. The lowest BCUT2D eigenvalue weighted by Crippen LogP contribution is -2.02. The highest BCUT2D eigenvalue weighted by atomic mass is 32.1. The van der Waals surface area contributed by atoms with Crippen LogP contribution >= 0.6 is 11.3 Å². The molecule has 2 aromatic heterocycles. The number of ether oxygens (including phenoxy) is 1. The summed E-state index contributed by atoms with van der Waals surface area (Å²) < 4.78 is 7.59. The summed E-state index contributed by atoms with van der Waals surface area (Å²) in [5.41, 5.74) is 7.53. The summed E-state index contributed by atoms with van der Waals surface area (Å²) in [6.07, 6.45) is 3.64. The highest BCUT2D eigenvalue weighted by molar-refractivity contribution is 7.11. The third-order valence-corrected chi connectivity index (χ3v) is 6.48. The van der Waals surface area contributed by atoms with Gasteiger partial charge in [0.05, 0.1) is 34.5 Å². The Morgan fingerprint density at radius 3 is 2.62 bits per heavy atom. The molecule has 1 aliphatic carbocycles. The van der Waals surface area contributed by atoms with Crippen LogP contribution in [0.4, 0.5) is 0 Å². The van der Waals surface area contributed by atoms with E-state index < -0.39 is 0 Å². The summed E-state index contributed by atoms with van der Waals surface area (Å²) in [5.74, 6) is 0.643. The fraction of sp³-hybridized carbons (Fsp3) is 0.200. The zero-order valence-corrected chi connectivity index (χ0v) is 18.7. The van der Waals surface area contributed by atoms with E-state index in [2.05, 4.69) is 27.4 Å². The number of carbonyl (C=O) groups excluding carboxylic acids is 1. The first kappa shape index (κ1) is 20.3. The van der Waals surface area contributed by atoms with E-state index in [0.29, 0.717) is 29.2 Å². The third-order valence-electron chi connectivity index (χ3n) is 5.53. The largest absolute Gasteiger partial charge is 0.494 e. The highest BCUT2D eigenvalue weighted by Gasteiger charge is 2.34. The molecule has 0 amide bonds. The Bertz CT molecular complexity index is 1320. The van der Waals surface area contributed by atoms with Crippen LogP contribution in [0.5, 0.6) is 5.75 Å². The zero-order chi connectivity index (χ0) is 22.1. The van der Waals surface area contributed by atoms with Crippen molar-refractivity contribution in [2.75, 3.05) is 6.61 Å². The first-order chi connectivity index (χ1) is 15.6. The Kier molecular flexibility index (Phi) is 5.41. The number of benzene rings is 2. The van der Waals surface area contributed by atoms with Crippen molar-refractivity contribution in [1.82, 2.24) is 20.0 Å². The Balaban J connectivity index is 1.42. The van der Waals surface area contributed by atoms with Crippen molar-refractivity contribution in [2.45, 2.75) is 19.8 Å². The van der Waals surface area contributed by atoms with Gasteiger partial charge in [-0.1, -0.05) is 35.5 Å². The van der Waals surface area contributed by atoms with Gasteiger partial charge in [-0.15, -0.1) is 16.4 Å². The predicted molar refractivity (Wildman–Crippen MR) is 125 cm³/mol. The zero-order valence-electron chi connectivity index (χ0n) is 17.9. The molecule has 0 spiro atoms. The van der Waals surface area contributed by atoms with Gasteiger partial charge in [-0.3, -0.25) is 9.48 Å². The van der Waals surface area contributed by atoms with Crippen LogP contribution in [-0.2, 0) is 13.5 Å². The van der Waals surface area contributed by atoms with E-state index in [1.54, 1.807) is 23.4 Å². The average molecular weight is 443 g/mol. The minimum absolute atomic E-state index is 0.0574. The van der Waals surface area contributed by atoms with Crippen LogP contribution < -0.4 is 4.74 Å². The summed E-state index contributed by atoms with van der Waals surface area (Å²) in [4.78, 5) is 18.9. The normalized spacial score (nSPS) is 13.0. The molecule has 32 heavy (non-hydrogen) atoms. The second-order valence-electron chi connectivity index (χ2n) is 7.77. The van der Waals surface area contributed by atoms with E-state index in [1.807, 2.05) is 43.3 Å². The maximum atomic E-state index is 13.5. The predicted octanol–water partition coefficient (Wildman–Crippen LogP) is 4.75. The number of hydrogen-bond acceptors (Lipinski definition) is 6. The van der Waals surface area contributed by atoms with Crippen molar-refractivity contribution in [3.05, 3.63) is 93.2 Å². The number of hydrogen-bond donors (Lipinski definition) is 0. The minimum atomic E-state index is -0.0574. The number of rotatable bonds is 7. The maximum Gasteiger partial charge on any atom is 0.196 e. The monoisotopic (exact) mass is 442 g/mol. The fourth-order valence-electron chi connectivity index (χ4n) is 4.00. The van der Waals surface area contributed by atoms with Crippen molar-refractivity contribution in [3.8, 4) is 5.75 Å². The van der Waals surface area contributed by atoms with Gasteiger partial charge in [-0.25, -0.2) is 4.98 Å². The lowest BCUT2D eigenvalue weighted by molar-refractivity contribution is 0.105. The van der Waals surface area contributed by atoms with Gasteiger partial charge in [0.2, 0.25) is 0 Å². The molecule has 7 heteroatoms. The highest BCUT2D eigenvalue weighted by Crippen LogP contribution is 2.44. The lowest BCUT2D eigenvalue weighted by atomic mass is 10.0. The van der Waals surface area contributed by atoms with Gasteiger partial charge in [-0.05, 0) is 49.1 Å². The number of Topliss-reactive ketones (excluding diaryl/α,β-unsaturated/α-hetero) is 1. The van der Waals surface area contributed by atoms with Crippen molar-refractivity contribution in [2.24, 2.45) is 7.05 Å². The van der Waals surface area contributed by atoms with Gasteiger partial charge in [0.25, 0.3) is 0 Å². The molecular formula is C25H22N4O2S. The van der Waals surface area contributed by atoms with E-state index in [1.165, 1.54) is 16.9 Å². The summed E-state index contributed by atoms with van der Waals surface area (Å²) in [7, 11) is 1.79. The number of ketones is 1. The Morgan fingerprint density at radius 1 is 1.06 bits per heavy atom. The SMILES string of the molecule is Cc1ncsc1C1=C(c2cn(C)nn2)C(=O)c2cc(OCCCc3ccccc3)ccc21. The Labute approximate surface area is 190 Å². The fourth-order valence-corrected chi connectivity index (χ4v) is 4.87.